The van der Waals surface area contributed by atoms with Gasteiger partial charge in [-0.1, -0.05) is 6.07 Å². The van der Waals surface area contributed by atoms with Crippen molar-refractivity contribution in [2.24, 2.45) is 0 Å². The lowest BCUT2D eigenvalue weighted by Crippen LogP contribution is -2.45. The van der Waals surface area contributed by atoms with Crippen LogP contribution in [-0.2, 0) is 0 Å². The van der Waals surface area contributed by atoms with Crippen molar-refractivity contribution >= 4 is 11.8 Å². The molecule has 1 aromatic heterocycles. The number of anilines is 1. The number of halogens is 2. The van der Waals surface area contributed by atoms with Crippen molar-refractivity contribution in [1.82, 2.24) is 10.3 Å². The van der Waals surface area contributed by atoms with Crippen molar-refractivity contribution in [2.75, 3.05) is 5.32 Å². The van der Waals surface area contributed by atoms with E-state index in [4.69, 9.17) is 0 Å². The second kappa shape index (κ2) is 5.07. The van der Waals surface area contributed by atoms with Crippen LogP contribution in [0.25, 0.3) is 0 Å². The van der Waals surface area contributed by atoms with E-state index < -0.39 is 18.0 Å². The highest BCUT2D eigenvalue weighted by Crippen LogP contribution is 2.16. The van der Waals surface area contributed by atoms with Gasteiger partial charge in [-0.15, -0.1) is 0 Å². The van der Waals surface area contributed by atoms with Crippen LogP contribution < -0.4 is 10.6 Å². The monoisotopic (exact) mass is 243 g/mol. The Kier molecular flexibility index (Phi) is 3.98. The summed E-state index contributed by atoms with van der Waals surface area (Å²) >= 11 is 0. The standard InChI is InChI=1S/C11H15F2N3O/c1-7-5-4-6-9(14-7)16-10(17)15-8(2)11(3,12)13/h4-6,8H,1-3H3,(H2,14,15,16,17). The van der Waals surface area contributed by atoms with Gasteiger partial charge in [0.25, 0.3) is 5.92 Å². The maximum atomic E-state index is 12.8. The summed E-state index contributed by atoms with van der Waals surface area (Å²) in [6.45, 7) is 3.76. The molecule has 0 fully saturated rings. The molecule has 6 heteroatoms. The molecule has 2 amide bonds. The van der Waals surface area contributed by atoms with E-state index in [2.05, 4.69) is 15.6 Å². The summed E-state index contributed by atoms with van der Waals surface area (Å²) in [5.41, 5.74) is 0.733. The number of alkyl halides is 2. The molecule has 1 atom stereocenters. The van der Waals surface area contributed by atoms with E-state index in [0.717, 1.165) is 12.6 Å². The molecule has 0 spiro atoms. The maximum Gasteiger partial charge on any atom is 0.320 e. The predicted molar refractivity (Wildman–Crippen MR) is 61.2 cm³/mol. The average Bonchev–Trinajstić information content (AvgIpc) is 2.15. The first-order chi connectivity index (χ1) is 7.79. The lowest BCUT2D eigenvalue weighted by Gasteiger charge is -2.20. The molecular formula is C11H15F2N3O. The predicted octanol–water partition coefficient (Wildman–Crippen LogP) is 2.56. The minimum atomic E-state index is -2.96. The normalized spacial score (nSPS) is 13.0. The molecule has 1 aromatic rings. The lowest BCUT2D eigenvalue weighted by molar-refractivity contribution is -0.00785. The Labute approximate surface area is 98.4 Å². The first-order valence-corrected chi connectivity index (χ1v) is 5.18. The van der Waals surface area contributed by atoms with E-state index in [0.29, 0.717) is 5.82 Å². The molecule has 1 rings (SSSR count). The first kappa shape index (κ1) is 13.3. The number of carbonyl (C=O) groups excluding carboxylic acids is 1. The highest BCUT2D eigenvalue weighted by Gasteiger charge is 2.31. The lowest BCUT2D eigenvalue weighted by atomic mass is 10.2. The fourth-order valence-electron chi connectivity index (χ4n) is 1.09. The highest BCUT2D eigenvalue weighted by atomic mass is 19.3. The van der Waals surface area contributed by atoms with E-state index in [1.165, 1.54) is 6.92 Å². The first-order valence-electron chi connectivity index (χ1n) is 5.18. The number of nitrogens with one attached hydrogen (secondary N) is 2. The summed E-state index contributed by atoms with van der Waals surface area (Å²) in [6.07, 6.45) is 0. The summed E-state index contributed by atoms with van der Waals surface area (Å²) in [4.78, 5) is 15.4. The van der Waals surface area contributed by atoms with Crippen LogP contribution in [0.4, 0.5) is 19.4 Å². The summed E-state index contributed by atoms with van der Waals surface area (Å²) in [7, 11) is 0. The van der Waals surface area contributed by atoms with Gasteiger partial charge in [-0.3, -0.25) is 5.32 Å². The van der Waals surface area contributed by atoms with Gasteiger partial charge in [-0.05, 0) is 26.0 Å². The Morgan fingerprint density at radius 3 is 2.65 bits per heavy atom. The van der Waals surface area contributed by atoms with Crippen molar-refractivity contribution in [1.29, 1.82) is 0 Å². The van der Waals surface area contributed by atoms with Crippen LogP contribution in [0.1, 0.15) is 19.5 Å². The van der Waals surface area contributed by atoms with Gasteiger partial charge in [0.1, 0.15) is 5.82 Å². The minimum Gasteiger partial charge on any atom is -0.329 e. The quantitative estimate of drug-likeness (QED) is 0.857. The van der Waals surface area contributed by atoms with Crippen LogP contribution in [0.15, 0.2) is 18.2 Å². The third-order valence-corrected chi connectivity index (χ3v) is 2.24. The molecule has 2 N–H and O–H groups in total. The minimum absolute atomic E-state index is 0.328. The topological polar surface area (TPSA) is 54.0 Å². The van der Waals surface area contributed by atoms with Crippen LogP contribution in [0, 0.1) is 6.92 Å². The fraction of sp³-hybridized carbons (Fsp3) is 0.455. The zero-order chi connectivity index (χ0) is 13.1. The number of aryl methyl sites for hydroxylation is 1. The second-order valence-corrected chi connectivity index (χ2v) is 3.94. The van der Waals surface area contributed by atoms with Gasteiger partial charge in [-0.2, -0.15) is 0 Å². The summed E-state index contributed by atoms with van der Waals surface area (Å²) in [5.74, 6) is -2.63. The van der Waals surface area contributed by atoms with Gasteiger partial charge in [0.2, 0.25) is 0 Å². The molecule has 0 aliphatic heterocycles. The third kappa shape index (κ3) is 4.34. The number of carbonyl (C=O) groups is 1. The highest BCUT2D eigenvalue weighted by molar-refractivity contribution is 5.88. The summed E-state index contributed by atoms with van der Waals surface area (Å²) in [6, 6.07) is 3.13. The smallest absolute Gasteiger partial charge is 0.320 e. The molecular weight excluding hydrogens is 228 g/mol. The van der Waals surface area contributed by atoms with Gasteiger partial charge in [-0.25, -0.2) is 18.6 Å². The Balaban J connectivity index is 2.56. The van der Waals surface area contributed by atoms with Gasteiger partial charge in [0, 0.05) is 12.6 Å². The van der Waals surface area contributed by atoms with Gasteiger partial charge >= 0.3 is 6.03 Å². The Morgan fingerprint density at radius 2 is 2.12 bits per heavy atom. The van der Waals surface area contributed by atoms with E-state index >= 15 is 0 Å². The second-order valence-electron chi connectivity index (χ2n) is 3.94. The van der Waals surface area contributed by atoms with E-state index in [9.17, 15) is 13.6 Å². The van der Waals surface area contributed by atoms with Gasteiger partial charge < -0.3 is 5.32 Å². The number of urea groups is 1. The molecule has 1 unspecified atom stereocenters. The van der Waals surface area contributed by atoms with Crippen molar-refractivity contribution in [3.63, 3.8) is 0 Å². The molecule has 0 aliphatic rings. The Hall–Kier alpha value is -1.72. The number of rotatable bonds is 3. The summed E-state index contributed by atoms with van der Waals surface area (Å²) < 4.78 is 25.6. The van der Waals surface area contributed by atoms with Crippen LogP contribution in [-0.4, -0.2) is 23.0 Å². The van der Waals surface area contributed by atoms with Gasteiger partial charge in [0.05, 0.1) is 6.04 Å². The largest absolute Gasteiger partial charge is 0.329 e. The number of hydrogen-bond donors (Lipinski definition) is 2. The molecule has 4 nitrogen and oxygen atoms in total. The third-order valence-electron chi connectivity index (χ3n) is 2.24. The molecule has 0 radical (unpaired) electrons. The van der Waals surface area contributed by atoms with Crippen molar-refractivity contribution < 1.29 is 13.6 Å². The zero-order valence-electron chi connectivity index (χ0n) is 9.92. The Bertz CT molecular complexity index is 404. The molecule has 0 bridgehead atoms. The number of hydrogen-bond acceptors (Lipinski definition) is 2. The molecule has 0 aromatic carbocycles. The zero-order valence-corrected chi connectivity index (χ0v) is 9.92. The Morgan fingerprint density at radius 1 is 1.47 bits per heavy atom. The molecule has 17 heavy (non-hydrogen) atoms. The van der Waals surface area contributed by atoms with E-state index in [1.54, 1.807) is 25.1 Å². The number of amides is 2. The molecule has 0 aliphatic carbocycles. The van der Waals surface area contributed by atoms with Crippen LogP contribution in [0.3, 0.4) is 0 Å². The van der Waals surface area contributed by atoms with E-state index in [-0.39, 0.29) is 0 Å². The SMILES string of the molecule is Cc1cccc(NC(=O)NC(C)C(C)(F)F)n1. The van der Waals surface area contributed by atoms with Crippen molar-refractivity contribution in [2.45, 2.75) is 32.7 Å². The molecule has 0 saturated heterocycles. The van der Waals surface area contributed by atoms with Crippen LogP contribution in [0.2, 0.25) is 0 Å². The maximum absolute atomic E-state index is 12.8. The average molecular weight is 243 g/mol. The van der Waals surface area contributed by atoms with Crippen LogP contribution in [0.5, 0.6) is 0 Å². The fourth-order valence-corrected chi connectivity index (χ4v) is 1.09. The van der Waals surface area contributed by atoms with Crippen LogP contribution >= 0.6 is 0 Å². The summed E-state index contributed by atoms with van der Waals surface area (Å²) in [5, 5.41) is 4.54. The van der Waals surface area contributed by atoms with E-state index in [1.807, 2.05) is 0 Å². The molecule has 1 heterocycles. The molecule has 0 saturated carbocycles. The molecule has 94 valence electrons. The number of aromatic nitrogens is 1. The van der Waals surface area contributed by atoms with Crippen molar-refractivity contribution in [3.05, 3.63) is 23.9 Å². The number of pyridine rings is 1. The number of nitrogens with zero attached hydrogens (tertiary/aromatic N) is 1. The van der Waals surface area contributed by atoms with Gasteiger partial charge in [0.15, 0.2) is 0 Å². The van der Waals surface area contributed by atoms with Crippen molar-refractivity contribution in [3.8, 4) is 0 Å².